The van der Waals surface area contributed by atoms with E-state index in [1.807, 2.05) is 0 Å². The minimum Gasteiger partial charge on any atom is -0.481 e. The van der Waals surface area contributed by atoms with E-state index in [0.29, 0.717) is 24.3 Å². The molecule has 90 valence electrons. The number of rotatable bonds is 6. The highest BCUT2D eigenvalue weighted by Crippen LogP contribution is 2.13. The molecule has 5 heteroatoms. The van der Waals surface area contributed by atoms with Crippen molar-refractivity contribution in [1.29, 1.82) is 0 Å². The van der Waals surface area contributed by atoms with Crippen LogP contribution in [-0.4, -0.2) is 29.7 Å². The summed E-state index contributed by atoms with van der Waals surface area (Å²) in [5.41, 5.74) is 5.57. The Hall–Kier alpha value is -1.36. The molecule has 0 bridgehead atoms. The molecule has 16 heavy (non-hydrogen) atoms. The van der Waals surface area contributed by atoms with Gasteiger partial charge >= 0.3 is 0 Å². The Balaban J connectivity index is 2.68. The first kappa shape index (κ1) is 12.7. The van der Waals surface area contributed by atoms with Crippen LogP contribution in [0.3, 0.4) is 0 Å². The zero-order valence-electron chi connectivity index (χ0n) is 10.1. The smallest absolute Gasteiger partial charge is 0.226 e. The monoisotopic (exact) mass is 224 g/mol. The lowest BCUT2D eigenvalue weighted by Gasteiger charge is -2.21. The maximum atomic E-state index is 5.57. The molecular weight excluding hydrogens is 204 g/mol. The Morgan fingerprint density at radius 1 is 1.50 bits per heavy atom. The van der Waals surface area contributed by atoms with Crippen molar-refractivity contribution in [3.63, 3.8) is 0 Å². The van der Waals surface area contributed by atoms with Gasteiger partial charge in [0.25, 0.3) is 0 Å². The van der Waals surface area contributed by atoms with E-state index in [9.17, 15) is 0 Å². The number of hydrogen-bond acceptors (Lipinski definition) is 5. The van der Waals surface area contributed by atoms with E-state index in [0.717, 1.165) is 6.42 Å². The van der Waals surface area contributed by atoms with Crippen molar-refractivity contribution < 1.29 is 4.74 Å². The van der Waals surface area contributed by atoms with Gasteiger partial charge in [-0.2, -0.15) is 4.98 Å². The fraction of sp³-hybridized carbons (Fsp3) is 0.636. The highest BCUT2D eigenvalue weighted by molar-refractivity contribution is 5.28. The summed E-state index contributed by atoms with van der Waals surface area (Å²) in [4.78, 5) is 8.36. The number of hydrogen-bond donors (Lipinski definition) is 2. The predicted octanol–water partition coefficient (Wildman–Crippen LogP) is 1.27. The van der Waals surface area contributed by atoms with E-state index in [-0.39, 0.29) is 6.04 Å². The third-order valence-electron chi connectivity index (χ3n) is 2.44. The summed E-state index contributed by atoms with van der Waals surface area (Å²) in [5.74, 6) is 1.64. The molecule has 0 radical (unpaired) electrons. The van der Waals surface area contributed by atoms with Gasteiger partial charge in [-0.25, -0.2) is 4.98 Å². The summed E-state index contributed by atoms with van der Waals surface area (Å²) in [5, 5.41) is 3.27. The highest BCUT2D eigenvalue weighted by atomic mass is 16.5. The van der Waals surface area contributed by atoms with Gasteiger partial charge in [0.1, 0.15) is 0 Å². The molecule has 1 aromatic heterocycles. The molecule has 0 saturated carbocycles. The molecule has 1 aromatic rings. The predicted molar refractivity (Wildman–Crippen MR) is 64.5 cm³/mol. The Morgan fingerprint density at radius 3 is 2.81 bits per heavy atom. The van der Waals surface area contributed by atoms with Crippen molar-refractivity contribution in [1.82, 2.24) is 9.97 Å². The van der Waals surface area contributed by atoms with E-state index < -0.39 is 0 Å². The maximum absolute atomic E-state index is 5.57. The fourth-order valence-corrected chi connectivity index (χ4v) is 1.44. The molecule has 1 heterocycles. The first-order chi connectivity index (χ1) is 7.67. The normalized spacial score (nSPS) is 12.6. The summed E-state index contributed by atoms with van der Waals surface area (Å²) >= 11 is 0. The third-order valence-corrected chi connectivity index (χ3v) is 2.44. The van der Waals surface area contributed by atoms with Crippen molar-refractivity contribution in [3.05, 3.63) is 12.3 Å². The van der Waals surface area contributed by atoms with Crippen LogP contribution in [-0.2, 0) is 0 Å². The van der Waals surface area contributed by atoms with Crippen molar-refractivity contribution in [2.45, 2.75) is 26.3 Å². The minimum absolute atomic E-state index is 0.289. The summed E-state index contributed by atoms with van der Waals surface area (Å²) in [7, 11) is 1.59. The molecular formula is C11H20N4O. The zero-order chi connectivity index (χ0) is 12.0. The molecule has 0 saturated heterocycles. The van der Waals surface area contributed by atoms with Gasteiger partial charge in [0.2, 0.25) is 11.8 Å². The average Bonchev–Trinajstić information content (AvgIpc) is 2.28. The van der Waals surface area contributed by atoms with Crippen LogP contribution < -0.4 is 15.8 Å². The second-order valence-corrected chi connectivity index (χ2v) is 3.99. The van der Waals surface area contributed by atoms with Gasteiger partial charge in [-0.3, -0.25) is 0 Å². The maximum Gasteiger partial charge on any atom is 0.226 e. The van der Waals surface area contributed by atoms with Crippen molar-refractivity contribution in [2.24, 2.45) is 11.7 Å². The Bertz CT molecular complexity index is 317. The number of ether oxygens (including phenoxy) is 1. The molecule has 0 fully saturated rings. The van der Waals surface area contributed by atoms with Crippen LogP contribution in [0.15, 0.2) is 12.3 Å². The number of nitrogens with two attached hydrogens (primary N) is 1. The van der Waals surface area contributed by atoms with E-state index in [1.165, 1.54) is 0 Å². The number of nitrogens with one attached hydrogen (secondary N) is 1. The number of methoxy groups -OCH3 is 1. The van der Waals surface area contributed by atoms with Crippen LogP contribution >= 0.6 is 0 Å². The zero-order valence-corrected chi connectivity index (χ0v) is 10.1. The topological polar surface area (TPSA) is 73.1 Å². The lowest BCUT2D eigenvalue weighted by atomic mass is 10.0. The van der Waals surface area contributed by atoms with E-state index in [2.05, 4.69) is 29.1 Å². The Morgan fingerprint density at radius 2 is 2.25 bits per heavy atom. The van der Waals surface area contributed by atoms with Crippen LogP contribution in [0.2, 0.25) is 0 Å². The first-order valence-corrected chi connectivity index (χ1v) is 5.51. The Labute approximate surface area is 96.4 Å². The van der Waals surface area contributed by atoms with Crippen molar-refractivity contribution >= 4 is 5.95 Å². The van der Waals surface area contributed by atoms with Crippen LogP contribution in [0.5, 0.6) is 5.88 Å². The summed E-state index contributed by atoms with van der Waals surface area (Å²) in [6.07, 6.45) is 2.58. The molecule has 1 atom stereocenters. The standard InChI is InChI=1S/C11H20N4O/c1-8(2)9(4-6-12)14-11-13-7-5-10(15-11)16-3/h5,7-9H,4,6,12H2,1-3H3,(H,13,14,15). The number of nitrogens with zero attached hydrogens (tertiary/aromatic N) is 2. The highest BCUT2D eigenvalue weighted by Gasteiger charge is 2.13. The average molecular weight is 224 g/mol. The van der Waals surface area contributed by atoms with Crippen molar-refractivity contribution in [3.8, 4) is 5.88 Å². The fourth-order valence-electron chi connectivity index (χ4n) is 1.44. The molecule has 0 amide bonds. The van der Waals surface area contributed by atoms with Gasteiger partial charge in [-0.05, 0) is 18.9 Å². The van der Waals surface area contributed by atoms with Gasteiger partial charge in [-0.15, -0.1) is 0 Å². The van der Waals surface area contributed by atoms with Gasteiger partial charge in [0, 0.05) is 18.3 Å². The minimum atomic E-state index is 0.289. The second-order valence-electron chi connectivity index (χ2n) is 3.99. The van der Waals surface area contributed by atoms with Gasteiger partial charge in [0.15, 0.2) is 0 Å². The SMILES string of the molecule is COc1ccnc(NC(CCN)C(C)C)n1. The molecule has 0 aliphatic carbocycles. The van der Waals surface area contributed by atoms with Crippen LogP contribution in [0.4, 0.5) is 5.95 Å². The quantitative estimate of drug-likeness (QED) is 0.761. The second kappa shape index (κ2) is 6.27. The lowest BCUT2D eigenvalue weighted by Crippen LogP contribution is -2.29. The number of aromatic nitrogens is 2. The molecule has 0 spiro atoms. The molecule has 3 N–H and O–H groups in total. The van der Waals surface area contributed by atoms with Crippen LogP contribution in [0, 0.1) is 5.92 Å². The number of anilines is 1. The summed E-state index contributed by atoms with van der Waals surface area (Å²) in [6.45, 7) is 4.95. The van der Waals surface area contributed by atoms with Gasteiger partial charge < -0.3 is 15.8 Å². The summed E-state index contributed by atoms with van der Waals surface area (Å²) in [6, 6.07) is 2.01. The first-order valence-electron chi connectivity index (χ1n) is 5.51. The van der Waals surface area contributed by atoms with E-state index in [1.54, 1.807) is 19.4 Å². The van der Waals surface area contributed by atoms with Crippen LogP contribution in [0.1, 0.15) is 20.3 Å². The molecule has 0 aromatic carbocycles. The van der Waals surface area contributed by atoms with Gasteiger partial charge in [0.05, 0.1) is 7.11 Å². The molecule has 1 unspecified atom stereocenters. The lowest BCUT2D eigenvalue weighted by molar-refractivity contribution is 0.396. The molecule has 5 nitrogen and oxygen atoms in total. The molecule has 1 rings (SSSR count). The Kier molecular flexibility index (Phi) is 4.98. The van der Waals surface area contributed by atoms with Gasteiger partial charge in [-0.1, -0.05) is 13.8 Å². The van der Waals surface area contributed by atoms with Crippen LogP contribution in [0.25, 0.3) is 0 Å². The molecule has 0 aliphatic rings. The van der Waals surface area contributed by atoms with E-state index in [4.69, 9.17) is 10.5 Å². The molecule has 0 aliphatic heterocycles. The summed E-state index contributed by atoms with van der Waals surface area (Å²) < 4.78 is 5.04. The third kappa shape index (κ3) is 3.66. The van der Waals surface area contributed by atoms with Crippen molar-refractivity contribution in [2.75, 3.05) is 19.0 Å². The largest absolute Gasteiger partial charge is 0.481 e. The van der Waals surface area contributed by atoms with E-state index >= 15 is 0 Å².